The van der Waals surface area contributed by atoms with Gasteiger partial charge in [0.2, 0.25) is 5.91 Å². The predicted octanol–water partition coefficient (Wildman–Crippen LogP) is 3.90. The Hall–Kier alpha value is -2.60. The smallest absolute Gasteiger partial charge is 0.230 e. The number of carbonyl (C=O) groups is 1. The van der Waals surface area contributed by atoms with Crippen LogP contribution in [0.1, 0.15) is 36.7 Å². The van der Waals surface area contributed by atoms with E-state index in [0.717, 1.165) is 23.9 Å². The molecule has 0 radical (unpaired) electrons. The Kier molecular flexibility index (Phi) is 7.25. The quantitative estimate of drug-likeness (QED) is 0.559. The van der Waals surface area contributed by atoms with E-state index in [1.165, 1.54) is 22.9 Å². The van der Waals surface area contributed by atoms with Crippen molar-refractivity contribution in [3.05, 3.63) is 77.6 Å². The van der Waals surface area contributed by atoms with Gasteiger partial charge < -0.3 is 9.88 Å². The van der Waals surface area contributed by atoms with Gasteiger partial charge in [-0.15, -0.1) is 10.2 Å². The second-order valence-electron chi connectivity index (χ2n) is 6.71. The fourth-order valence-electron chi connectivity index (χ4n) is 3.00. The van der Waals surface area contributed by atoms with E-state index in [9.17, 15) is 4.79 Å². The van der Waals surface area contributed by atoms with Gasteiger partial charge in [0.1, 0.15) is 5.82 Å². The number of nitrogens with zero attached hydrogens (tertiary/aromatic N) is 3. The molecule has 1 atom stereocenters. The molecule has 1 N–H and O–H groups in total. The van der Waals surface area contributed by atoms with Crippen LogP contribution in [0.25, 0.3) is 0 Å². The fourth-order valence-corrected chi connectivity index (χ4v) is 3.85. The Labute approximate surface area is 170 Å². The first-order chi connectivity index (χ1) is 13.7. The molecule has 0 bridgehead atoms. The number of hydrogen-bond donors (Lipinski definition) is 1. The molecular formula is C22H26N4OS. The van der Waals surface area contributed by atoms with Gasteiger partial charge in [-0.05, 0) is 24.0 Å². The third-order valence-electron chi connectivity index (χ3n) is 4.62. The van der Waals surface area contributed by atoms with Gasteiger partial charge >= 0.3 is 0 Å². The van der Waals surface area contributed by atoms with Crippen LogP contribution < -0.4 is 5.32 Å². The van der Waals surface area contributed by atoms with Gasteiger partial charge in [-0.3, -0.25) is 4.79 Å². The van der Waals surface area contributed by atoms with Gasteiger partial charge in [0.05, 0.1) is 5.75 Å². The summed E-state index contributed by atoms with van der Waals surface area (Å²) in [6.45, 7) is 5.60. The Morgan fingerprint density at radius 3 is 2.43 bits per heavy atom. The molecule has 0 fully saturated rings. The van der Waals surface area contributed by atoms with E-state index >= 15 is 0 Å². The van der Waals surface area contributed by atoms with Crippen LogP contribution in [0.5, 0.6) is 0 Å². The van der Waals surface area contributed by atoms with Crippen LogP contribution in [0.3, 0.4) is 0 Å². The van der Waals surface area contributed by atoms with E-state index in [2.05, 4.69) is 58.2 Å². The van der Waals surface area contributed by atoms with Gasteiger partial charge in [-0.2, -0.15) is 0 Å². The summed E-state index contributed by atoms with van der Waals surface area (Å²) in [5.74, 6) is 1.56. The maximum absolute atomic E-state index is 12.3. The van der Waals surface area contributed by atoms with E-state index in [4.69, 9.17) is 0 Å². The zero-order valence-electron chi connectivity index (χ0n) is 16.3. The van der Waals surface area contributed by atoms with Crippen molar-refractivity contribution in [2.75, 3.05) is 12.3 Å². The molecule has 2 aromatic carbocycles. The Morgan fingerprint density at radius 1 is 1.07 bits per heavy atom. The molecule has 0 saturated carbocycles. The average molecular weight is 395 g/mol. The molecule has 1 amide bonds. The van der Waals surface area contributed by atoms with Crippen LogP contribution in [0, 0.1) is 0 Å². The number of thioether (sulfide) groups is 1. The van der Waals surface area contributed by atoms with Gasteiger partial charge in [-0.1, -0.05) is 79.3 Å². The molecule has 0 spiro atoms. The zero-order valence-corrected chi connectivity index (χ0v) is 17.2. The molecule has 0 aliphatic heterocycles. The molecule has 6 heteroatoms. The maximum Gasteiger partial charge on any atom is 0.230 e. The number of rotatable bonds is 9. The minimum absolute atomic E-state index is 0.0167. The van der Waals surface area contributed by atoms with E-state index in [1.54, 1.807) is 0 Å². The monoisotopic (exact) mass is 394 g/mol. The van der Waals surface area contributed by atoms with Crippen molar-refractivity contribution in [3.63, 3.8) is 0 Å². The molecular weight excluding hydrogens is 368 g/mol. The third kappa shape index (κ3) is 5.45. The summed E-state index contributed by atoms with van der Waals surface area (Å²) in [4.78, 5) is 12.3. The van der Waals surface area contributed by atoms with Crippen LogP contribution >= 0.6 is 11.8 Å². The number of hydrogen-bond acceptors (Lipinski definition) is 4. The summed E-state index contributed by atoms with van der Waals surface area (Å²) in [7, 11) is 0. The van der Waals surface area contributed by atoms with Crippen LogP contribution in [-0.4, -0.2) is 33.0 Å². The summed E-state index contributed by atoms with van der Waals surface area (Å²) >= 11 is 1.44. The van der Waals surface area contributed by atoms with Crippen molar-refractivity contribution >= 4 is 17.7 Å². The first-order valence-electron chi connectivity index (χ1n) is 9.57. The fraction of sp³-hybridized carbons (Fsp3) is 0.318. The van der Waals surface area contributed by atoms with Crippen molar-refractivity contribution in [2.45, 2.75) is 37.9 Å². The average Bonchev–Trinajstić information content (AvgIpc) is 3.13. The highest BCUT2D eigenvalue weighted by atomic mass is 32.2. The SMILES string of the molecule is CCn1c(Cc2ccccc2)nnc1SCC(=O)NCC(C)c1ccccc1. The van der Waals surface area contributed by atoms with Gasteiger partial charge in [0.15, 0.2) is 5.16 Å². The Bertz CT molecular complexity index is 880. The van der Waals surface area contributed by atoms with Crippen molar-refractivity contribution in [1.29, 1.82) is 0 Å². The van der Waals surface area contributed by atoms with Crippen LogP contribution in [0.2, 0.25) is 0 Å². The van der Waals surface area contributed by atoms with E-state index in [-0.39, 0.29) is 11.8 Å². The lowest BCUT2D eigenvalue weighted by Crippen LogP contribution is -2.29. The van der Waals surface area contributed by atoms with Gasteiger partial charge in [0, 0.05) is 19.5 Å². The van der Waals surface area contributed by atoms with Gasteiger partial charge in [0.25, 0.3) is 0 Å². The molecule has 3 aromatic rings. The normalized spacial score (nSPS) is 11.9. The van der Waals surface area contributed by atoms with Crippen molar-refractivity contribution < 1.29 is 4.79 Å². The highest BCUT2D eigenvalue weighted by Crippen LogP contribution is 2.19. The molecule has 1 heterocycles. The number of carbonyl (C=O) groups excluding carboxylic acids is 1. The lowest BCUT2D eigenvalue weighted by Gasteiger charge is -2.13. The molecule has 146 valence electrons. The second-order valence-corrected chi connectivity index (χ2v) is 7.65. The van der Waals surface area contributed by atoms with Crippen molar-refractivity contribution in [2.24, 2.45) is 0 Å². The third-order valence-corrected chi connectivity index (χ3v) is 5.59. The summed E-state index contributed by atoms with van der Waals surface area (Å²) in [6, 6.07) is 20.5. The molecule has 0 aliphatic rings. The zero-order chi connectivity index (χ0) is 19.8. The highest BCUT2D eigenvalue weighted by molar-refractivity contribution is 7.99. The highest BCUT2D eigenvalue weighted by Gasteiger charge is 2.14. The summed E-state index contributed by atoms with van der Waals surface area (Å²) in [6.07, 6.45) is 0.739. The van der Waals surface area contributed by atoms with Crippen molar-refractivity contribution in [3.8, 4) is 0 Å². The minimum Gasteiger partial charge on any atom is -0.355 e. The van der Waals surface area contributed by atoms with Crippen LogP contribution in [0.4, 0.5) is 0 Å². The first-order valence-corrected chi connectivity index (χ1v) is 10.6. The molecule has 1 aromatic heterocycles. The minimum atomic E-state index is 0.0167. The Balaban J connectivity index is 1.52. The first kappa shape index (κ1) is 20.1. The van der Waals surface area contributed by atoms with Crippen molar-refractivity contribution in [1.82, 2.24) is 20.1 Å². The number of nitrogens with one attached hydrogen (secondary N) is 1. The summed E-state index contributed by atoms with van der Waals surface area (Å²) < 4.78 is 2.08. The summed E-state index contributed by atoms with van der Waals surface area (Å²) in [5, 5.41) is 12.4. The van der Waals surface area contributed by atoms with Crippen LogP contribution in [-0.2, 0) is 17.8 Å². The largest absolute Gasteiger partial charge is 0.355 e. The lowest BCUT2D eigenvalue weighted by molar-refractivity contribution is -0.118. The molecule has 5 nitrogen and oxygen atoms in total. The predicted molar refractivity (Wildman–Crippen MR) is 114 cm³/mol. The standard InChI is InChI=1S/C22H26N4OS/c1-3-26-20(14-18-10-6-4-7-11-18)24-25-22(26)28-16-21(27)23-15-17(2)19-12-8-5-9-13-19/h4-13,17H,3,14-16H2,1-2H3,(H,23,27). The topological polar surface area (TPSA) is 59.8 Å². The molecule has 1 unspecified atom stereocenters. The van der Waals surface area contributed by atoms with Gasteiger partial charge in [-0.25, -0.2) is 0 Å². The summed E-state index contributed by atoms with van der Waals surface area (Å²) in [5.41, 5.74) is 2.43. The number of amides is 1. The lowest BCUT2D eigenvalue weighted by atomic mass is 10.0. The van der Waals surface area contributed by atoms with Crippen LogP contribution in [0.15, 0.2) is 65.8 Å². The van der Waals surface area contributed by atoms with E-state index in [0.29, 0.717) is 12.3 Å². The van der Waals surface area contributed by atoms with E-state index < -0.39 is 0 Å². The number of benzene rings is 2. The maximum atomic E-state index is 12.3. The molecule has 3 rings (SSSR count). The van der Waals surface area contributed by atoms with E-state index in [1.807, 2.05) is 36.4 Å². The molecule has 0 aliphatic carbocycles. The Morgan fingerprint density at radius 2 is 1.75 bits per heavy atom. The second kappa shape index (κ2) is 10.1. The number of aromatic nitrogens is 3. The molecule has 0 saturated heterocycles. The molecule has 28 heavy (non-hydrogen) atoms.